The minimum absolute atomic E-state index is 0.116. The van der Waals surface area contributed by atoms with Crippen molar-refractivity contribution in [3.05, 3.63) is 107 Å². The van der Waals surface area contributed by atoms with Crippen molar-refractivity contribution in [2.45, 2.75) is 0 Å². The Kier molecular flexibility index (Phi) is 5.13. The van der Waals surface area contributed by atoms with Gasteiger partial charge in [0.1, 0.15) is 0 Å². The van der Waals surface area contributed by atoms with Crippen LogP contribution in [0.15, 0.2) is 97.1 Å². The monoisotopic (exact) mass is 612 g/mol. The van der Waals surface area contributed by atoms with Crippen molar-refractivity contribution < 1.29 is 1.37 Å². The van der Waals surface area contributed by atoms with E-state index in [1.54, 1.807) is 0 Å². The average molecular weight is 610 g/mol. The van der Waals surface area contributed by atoms with Gasteiger partial charge in [0.25, 0.3) is 0 Å². The number of benzene rings is 4. The second kappa shape index (κ2) is 8.91. The third-order valence-electron chi connectivity index (χ3n) is 6.07. The fourth-order valence-electron chi connectivity index (χ4n) is 4.43. The summed E-state index contributed by atoms with van der Waals surface area (Å²) >= 11 is 1.63. The first-order valence-electron chi connectivity index (χ1n) is 11.9. The number of fused-ring (bicyclic) bond motifs is 4. The van der Waals surface area contributed by atoms with Crippen LogP contribution >= 0.6 is 11.3 Å². The Morgan fingerprint density at radius 2 is 1.56 bits per heavy atom. The SMILES string of the molecule is [2H]/C(=C(/C#N)c1nc2cc3ccccc3cc2s1)c1ccc(N2c3ccccc3[Se]c3ccccc32)[se]1. The van der Waals surface area contributed by atoms with Gasteiger partial charge in [-0.25, -0.2) is 0 Å². The van der Waals surface area contributed by atoms with E-state index in [1.165, 1.54) is 36.2 Å². The van der Waals surface area contributed by atoms with Gasteiger partial charge in [-0.15, -0.1) is 0 Å². The van der Waals surface area contributed by atoms with Crippen LogP contribution in [0.4, 0.5) is 15.9 Å². The Morgan fingerprint density at radius 3 is 2.28 bits per heavy atom. The molecule has 0 radical (unpaired) electrons. The van der Waals surface area contributed by atoms with Gasteiger partial charge in [0.2, 0.25) is 0 Å². The molecule has 1 aliphatic rings. The van der Waals surface area contributed by atoms with E-state index >= 15 is 0 Å². The molecule has 1 aliphatic heterocycles. The molecule has 3 heterocycles. The summed E-state index contributed by atoms with van der Waals surface area (Å²) in [7, 11) is 0. The van der Waals surface area contributed by atoms with Crippen LogP contribution in [-0.2, 0) is 0 Å². The summed E-state index contributed by atoms with van der Waals surface area (Å²) < 4.78 is 14.8. The Hall–Kier alpha value is -3.42. The first-order valence-corrected chi connectivity index (χ1v) is 15.6. The van der Waals surface area contributed by atoms with E-state index in [2.05, 4.69) is 89.8 Å². The van der Waals surface area contributed by atoms with E-state index in [-0.39, 0.29) is 35.5 Å². The molecule has 6 aromatic rings. The molecule has 0 atom stereocenters. The first-order chi connectivity index (χ1) is 18.2. The Labute approximate surface area is 226 Å². The number of para-hydroxylation sites is 2. The molecule has 0 bridgehead atoms. The molecular weight excluding hydrogens is 592 g/mol. The van der Waals surface area contributed by atoms with Gasteiger partial charge >= 0.3 is 227 Å². The number of hydrogen-bond acceptors (Lipinski definition) is 4. The Bertz CT molecular complexity index is 1820. The molecule has 0 unspecified atom stereocenters. The Balaban J connectivity index is 1.32. The molecule has 4 aromatic carbocycles. The summed E-state index contributed by atoms with van der Waals surface area (Å²) in [5.74, 6) is 0. The van der Waals surface area contributed by atoms with E-state index in [9.17, 15) is 5.26 Å². The zero-order valence-electron chi connectivity index (χ0n) is 19.8. The molecule has 0 saturated carbocycles. The van der Waals surface area contributed by atoms with Crippen LogP contribution in [0.1, 0.15) is 10.8 Å². The quantitative estimate of drug-likeness (QED) is 0.182. The average Bonchev–Trinajstić information content (AvgIpc) is 3.58. The number of rotatable bonds is 3. The molecule has 170 valence electrons. The molecule has 7 rings (SSSR count). The van der Waals surface area contributed by atoms with Crippen LogP contribution in [-0.4, -0.2) is 34.4 Å². The van der Waals surface area contributed by atoms with Gasteiger partial charge in [-0.05, 0) is 0 Å². The fourth-order valence-corrected chi connectivity index (χ4v) is 9.56. The summed E-state index contributed by atoms with van der Waals surface area (Å²) in [4.78, 5) is 7.12. The van der Waals surface area contributed by atoms with Crippen molar-refractivity contribution in [2.75, 3.05) is 4.90 Å². The van der Waals surface area contributed by atoms with Gasteiger partial charge in [0.05, 0.1) is 0 Å². The van der Waals surface area contributed by atoms with Gasteiger partial charge in [-0.1, -0.05) is 0 Å². The maximum absolute atomic E-state index is 10.1. The van der Waals surface area contributed by atoms with E-state index in [4.69, 9.17) is 6.35 Å². The van der Waals surface area contributed by atoms with Crippen molar-refractivity contribution in [1.82, 2.24) is 4.98 Å². The molecule has 0 N–H and O–H groups in total. The molecule has 0 saturated heterocycles. The van der Waals surface area contributed by atoms with Gasteiger partial charge in [-0.3, -0.25) is 0 Å². The fraction of sp³-hybridized carbons (Fsp3) is 0. The van der Waals surface area contributed by atoms with Crippen molar-refractivity contribution in [3.63, 3.8) is 0 Å². The van der Waals surface area contributed by atoms with Crippen molar-refractivity contribution in [1.29, 1.82) is 5.26 Å². The zero-order chi connectivity index (χ0) is 24.9. The standard InChI is InChI=1S/C30H17N3SSe2/c31-18-21(30-32-23-16-19-7-1-2-8-20(19)17-26(23)34-30)15-22-13-14-29(35-22)33-24-9-3-5-11-27(24)36-28-12-6-4-10-25(28)33/h1-17H/b21-15+/i15D. The third kappa shape index (κ3) is 3.74. The number of anilines is 3. The number of aromatic nitrogens is 1. The second-order valence-corrected chi connectivity index (χ2v) is 13.8. The summed E-state index contributed by atoms with van der Waals surface area (Å²) in [5, 5.41) is 13.0. The molecule has 36 heavy (non-hydrogen) atoms. The normalized spacial score (nSPS) is 13.6. The summed E-state index contributed by atoms with van der Waals surface area (Å²) in [6.07, 6.45) is 0. The van der Waals surface area contributed by atoms with Crippen LogP contribution in [0.3, 0.4) is 0 Å². The molecule has 3 nitrogen and oxygen atoms in total. The van der Waals surface area contributed by atoms with Crippen LogP contribution in [0, 0.1) is 11.3 Å². The van der Waals surface area contributed by atoms with Crippen LogP contribution in [0.5, 0.6) is 0 Å². The van der Waals surface area contributed by atoms with Crippen LogP contribution < -0.4 is 13.8 Å². The molecule has 2 aromatic heterocycles. The van der Waals surface area contributed by atoms with Crippen molar-refractivity contribution >= 4 is 98.3 Å². The predicted octanol–water partition coefficient (Wildman–Crippen LogP) is 6.01. The summed E-state index contributed by atoms with van der Waals surface area (Å²) in [5.41, 5.74) is 3.65. The van der Waals surface area contributed by atoms with Gasteiger partial charge in [-0.2, -0.15) is 0 Å². The zero-order valence-corrected chi connectivity index (χ0v) is 23.0. The second-order valence-electron chi connectivity index (χ2n) is 8.31. The molecule has 0 amide bonds. The van der Waals surface area contributed by atoms with Gasteiger partial charge < -0.3 is 0 Å². The van der Waals surface area contributed by atoms with Gasteiger partial charge in [0.15, 0.2) is 0 Å². The predicted molar refractivity (Wildman–Crippen MR) is 154 cm³/mol. The maximum atomic E-state index is 10.1. The van der Waals surface area contributed by atoms with E-state index in [0.717, 1.165) is 25.4 Å². The molecular formula is C30H17N3SSe2. The Morgan fingerprint density at radius 1 is 0.889 bits per heavy atom. The topological polar surface area (TPSA) is 39.9 Å². The van der Waals surface area contributed by atoms with Crippen LogP contribution in [0.25, 0.3) is 32.6 Å². The summed E-state index contributed by atoms with van der Waals surface area (Å²) in [6, 6.07) is 36.3. The molecule has 0 spiro atoms. The number of allylic oxidation sites excluding steroid dienone is 1. The first kappa shape index (κ1) is 20.7. The third-order valence-corrected chi connectivity index (χ3v) is 11.5. The number of hydrogen-bond donors (Lipinski definition) is 0. The van der Waals surface area contributed by atoms with Crippen molar-refractivity contribution in [2.24, 2.45) is 0 Å². The molecule has 6 heteroatoms. The van der Waals surface area contributed by atoms with Crippen LogP contribution in [0.2, 0.25) is 0 Å². The number of nitriles is 1. The minimum atomic E-state index is -0.116. The van der Waals surface area contributed by atoms with Gasteiger partial charge in [0, 0.05) is 0 Å². The van der Waals surface area contributed by atoms with E-state index < -0.39 is 0 Å². The van der Waals surface area contributed by atoms with E-state index in [0.29, 0.717) is 10.6 Å². The number of thiazole rings is 1. The molecule has 0 aliphatic carbocycles. The van der Waals surface area contributed by atoms with E-state index in [1.807, 2.05) is 18.2 Å². The number of nitrogens with zero attached hydrogens (tertiary/aromatic N) is 3. The molecule has 0 fully saturated rings. The van der Waals surface area contributed by atoms with Crippen molar-refractivity contribution in [3.8, 4) is 6.07 Å². The summed E-state index contributed by atoms with van der Waals surface area (Å²) in [6.45, 7) is 0.